The molecule has 570 valence electrons. The summed E-state index contributed by atoms with van der Waals surface area (Å²) < 4.78 is 68.5. The third-order valence-corrected chi connectivity index (χ3v) is 19.9. The summed E-state index contributed by atoms with van der Waals surface area (Å²) in [6.07, 6.45) is 56.9. The van der Waals surface area contributed by atoms with Crippen molar-refractivity contribution in [3.05, 3.63) is 0 Å². The number of aliphatic hydroxyl groups excluding tert-OH is 1. The molecule has 0 radical (unpaired) electrons. The van der Waals surface area contributed by atoms with Crippen molar-refractivity contribution in [2.45, 2.75) is 419 Å². The van der Waals surface area contributed by atoms with Crippen molar-refractivity contribution in [1.82, 2.24) is 0 Å². The van der Waals surface area contributed by atoms with Gasteiger partial charge in [0.05, 0.1) is 26.4 Å². The Morgan fingerprint density at radius 1 is 0.281 bits per heavy atom. The summed E-state index contributed by atoms with van der Waals surface area (Å²) >= 11 is 0. The first-order valence-electron chi connectivity index (χ1n) is 40.0. The Morgan fingerprint density at radius 3 is 0.708 bits per heavy atom. The van der Waals surface area contributed by atoms with Crippen molar-refractivity contribution in [3.63, 3.8) is 0 Å². The van der Waals surface area contributed by atoms with Gasteiger partial charge in [-0.15, -0.1) is 0 Å². The number of unbranched alkanes of at least 4 members (excludes halogenated alkanes) is 46. The third-order valence-electron chi connectivity index (χ3n) is 18.0. The lowest BCUT2D eigenvalue weighted by Crippen LogP contribution is -2.30. The van der Waals surface area contributed by atoms with Crippen molar-refractivity contribution in [2.24, 2.45) is 11.8 Å². The molecule has 2 unspecified atom stereocenters. The number of ether oxygens (including phenoxy) is 4. The van der Waals surface area contributed by atoms with Gasteiger partial charge in [-0.1, -0.05) is 350 Å². The summed E-state index contributed by atoms with van der Waals surface area (Å²) in [5, 5.41) is 10.6. The van der Waals surface area contributed by atoms with E-state index in [0.29, 0.717) is 31.6 Å². The van der Waals surface area contributed by atoms with Crippen molar-refractivity contribution >= 4 is 39.5 Å². The molecule has 0 saturated heterocycles. The van der Waals surface area contributed by atoms with E-state index in [-0.39, 0.29) is 25.7 Å². The second-order valence-electron chi connectivity index (χ2n) is 28.7. The minimum Gasteiger partial charge on any atom is -0.462 e. The minimum absolute atomic E-state index is 0.106. The molecule has 17 nitrogen and oxygen atoms in total. The van der Waals surface area contributed by atoms with Crippen LogP contribution in [0.2, 0.25) is 0 Å². The van der Waals surface area contributed by atoms with Gasteiger partial charge in [-0.2, -0.15) is 0 Å². The van der Waals surface area contributed by atoms with Crippen LogP contribution in [-0.2, 0) is 65.4 Å². The highest BCUT2D eigenvalue weighted by Crippen LogP contribution is 2.45. The van der Waals surface area contributed by atoms with Crippen LogP contribution < -0.4 is 0 Å². The Morgan fingerprint density at radius 2 is 0.479 bits per heavy atom. The van der Waals surface area contributed by atoms with E-state index in [4.69, 9.17) is 37.0 Å². The topological polar surface area (TPSA) is 237 Å². The largest absolute Gasteiger partial charge is 0.472 e. The van der Waals surface area contributed by atoms with E-state index in [0.717, 1.165) is 102 Å². The highest BCUT2D eigenvalue weighted by atomic mass is 31.2. The van der Waals surface area contributed by atoms with Crippen molar-refractivity contribution in [2.75, 3.05) is 39.6 Å². The van der Waals surface area contributed by atoms with Gasteiger partial charge in [0, 0.05) is 25.7 Å². The summed E-state index contributed by atoms with van der Waals surface area (Å²) in [6.45, 7) is 9.58. The normalized spacial score (nSPS) is 14.0. The maximum atomic E-state index is 13.1. The SMILES string of the molecule is CCCCCCCCCCCCCCCCCCC(=O)OC[C@H](COP(=O)(O)OC[C@@H](O)COP(=O)(O)OC[C@@H](COC(=O)CCCCCCCCCC(C)C)OC(=O)CCCCCCCCCCCCC)OC(=O)CCCCCCCCCCCCCCCCCCC(C)C. The number of hydrogen-bond acceptors (Lipinski definition) is 15. The van der Waals surface area contributed by atoms with Gasteiger partial charge < -0.3 is 33.8 Å². The molecule has 0 rings (SSSR count). The molecule has 0 heterocycles. The molecule has 0 fully saturated rings. The van der Waals surface area contributed by atoms with Crippen LogP contribution in [0.15, 0.2) is 0 Å². The zero-order chi connectivity index (χ0) is 70.7. The van der Waals surface area contributed by atoms with Crippen LogP contribution >= 0.6 is 15.6 Å². The lowest BCUT2D eigenvalue weighted by atomic mass is 10.0. The second-order valence-corrected chi connectivity index (χ2v) is 31.6. The molecule has 5 atom stereocenters. The zero-order valence-corrected chi connectivity index (χ0v) is 64.5. The summed E-state index contributed by atoms with van der Waals surface area (Å²) in [6, 6.07) is 0. The summed E-state index contributed by atoms with van der Waals surface area (Å²) in [5.74, 6) is -0.599. The van der Waals surface area contributed by atoms with Crippen LogP contribution in [0.1, 0.15) is 401 Å². The number of carbonyl (C=O) groups is 4. The number of aliphatic hydroxyl groups is 1. The van der Waals surface area contributed by atoms with Crippen molar-refractivity contribution in [3.8, 4) is 0 Å². The molecule has 0 aromatic carbocycles. The number of rotatable bonds is 76. The fourth-order valence-corrected chi connectivity index (χ4v) is 13.4. The van der Waals surface area contributed by atoms with Crippen LogP contribution in [-0.4, -0.2) is 96.7 Å². The summed E-state index contributed by atoms with van der Waals surface area (Å²) in [5.41, 5.74) is 0. The fraction of sp³-hybridized carbons (Fsp3) is 0.948. The number of phosphoric ester groups is 2. The third kappa shape index (κ3) is 70.5. The molecule has 0 aliphatic rings. The molecule has 0 saturated carbocycles. The summed E-state index contributed by atoms with van der Waals surface area (Å²) in [7, 11) is -9.91. The zero-order valence-electron chi connectivity index (χ0n) is 62.7. The van der Waals surface area contributed by atoms with E-state index in [1.54, 1.807) is 0 Å². The lowest BCUT2D eigenvalue weighted by molar-refractivity contribution is -0.161. The quantitative estimate of drug-likeness (QED) is 0.0222. The molecule has 96 heavy (non-hydrogen) atoms. The average molecular weight is 1410 g/mol. The van der Waals surface area contributed by atoms with E-state index < -0.39 is 97.5 Å². The van der Waals surface area contributed by atoms with Gasteiger partial charge in [-0.05, 0) is 37.5 Å². The standard InChI is InChI=1S/C77H150O17P2/c1-7-9-11-13-15-17-19-20-21-25-28-32-35-41-47-53-59-74(79)87-65-72(93-77(82)62-56-50-43-37-33-29-26-23-22-24-27-31-34-39-45-51-57-69(3)4)67-91-95(83,84)89-63-71(78)64-90-96(85,86)92-68-73(66-88-75(80)60-54-48-44-38-40-46-52-58-70(5)6)94-76(81)61-55-49-42-36-30-18-16-14-12-10-8-2/h69-73,78H,7-68H2,1-6H3,(H,83,84)(H,85,86)/t71-,72-,73-/m1/s1. The van der Waals surface area contributed by atoms with Crippen LogP contribution in [0, 0.1) is 11.8 Å². The molecule has 0 aromatic rings. The molecule has 0 bridgehead atoms. The Kier molecular flexibility index (Phi) is 67.4. The molecule has 0 aliphatic carbocycles. The van der Waals surface area contributed by atoms with Crippen LogP contribution in [0.4, 0.5) is 0 Å². The predicted octanol–water partition coefficient (Wildman–Crippen LogP) is 22.7. The first-order chi connectivity index (χ1) is 46.4. The van der Waals surface area contributed by atoms with E-state index in [1.807, 2.05) is 0 Å². The number of phosphoric acid groups is 2. The molecular formula is C77H150O17P2. The highest BCUT2D eigenvalue weighted by Gasteiger charge is 2.30. The van der Waals surface area contributed by atoms with E-state index >= 15 is 0 Å². The van der Waals surface area contributed by atoms with Crippen LogP contribution in [0.5, 0.6) is 0 Å². The highest BCUT2D eigenvalue weighted by molar-refractivity contribution is 7.47. The molecule has 0 amide bonds. The van der Waals surface area contributed by atoms with Crippen LogP contribution in [0.25, 0.3) is 0 Å². The van der Waals surface area contributed by atoms with Crippen molar-refractivity contribution in [1.29, 1.82) is 0 Å². The maximum Gasteiger partial charge on any atom is 0.472 e. The van der Waals surface area contributed by atoms with Gasteiger partial charge >= 0.3 is 39.5 Å². The number of esters is 4. The van der Waals surface area contributed by atoms with E-state index in [2.05, 4.69) is 41.5 Å². The van der Waals surface area contributed by atoms with Gasteiger partial charge in [-0.25, -0.2) is 9.13 Å². The Labute approximate surface area is 588 Å². The monoisotopic (exact) mass is 1410 g/mol. The Bertz CT molecular complexity index is 1860. The first kappa shape index (κ1) is 94.1. The Balaban J connectivity index is 5.22. The van der Waals surface area contributed by atoms with Gasteiger partial charge in [-0.3, -0.25) is 37.3 Å². The molecule has 19 heteroatoms. The minimum atomic E-state index is -4.96. The van der Waals surface area contributed by atoms with Gasteiger partial charge in [0.1, 0.15) is 19.3 Å². The molecular weight excluding hydrogens is 1260 g/mol. The molecule has 0 aromatic heterocycles. The maximum absolute atomic E-state index is 13.1. The predicted molar refractivity (Wildman–Crippen MR) is 391 cm³/mol. The lowest BCUT2D eigenvalue weighted by Gasteiger charge is -2.21. The molecule has 3 N–H and O–H groups in total. The number of carbonyl (C=O) groups excluding carboxylic acids is 4. The van der Waals surface area contributed by atoms with Gasteiger partial charge in [0.2, 0.25) is 0 Å². The number of hydrogen-bond donors (Lipinski definition) is 3. The van der Waals surface area contributed by atoms with Crippen LogP contribution in [0.3, 0.4) is 0 Å². The second kappa shape index (κ2) is 68.8. The van der Waals surface area contributed by atoms with Crippen molar-refractivity contribution < 1.29 is 80.2 Å². The fourth-order valence-electron chi connectivity index (χ4n) is 11.8. The first-order valence-corrected chi connectivity index (χ1v) is 43.0. The van der Waals surface area contributed by atoms with E-state index in [1.165, 1.54) is 212 Å². The average Bonchev–Trinajstić information content (AvgIpc) is 1.18. The summed E-state index contributed by atoms with van der Waals surface area (Å²) in [4.78, 5) is 72.8. The van der Waals surface area contributed by atoms with Gasteiger partial charge in [0.15, 0.2) is 12.2 Å². The van der Waals surface area contributed by atoms with E-state index in [9.17, 15) is 43.2 Å². The Hall–Kier alpha value is -1.94. The molecule has 0 spiro atoms. The van der Waals surface area contributed by atoms with Gasteiger partial charge in [0.25, 0.3) is 0 Å². The smallest absolute Gasteiger partial charge is 0.462 e. The molecule has 0 aliphatic heterocycles.